The van der Waals surface area contributed by atoms with Gasteiger partial charge in [-0.05, 0) is 69.1 Å². The highest BCUT2D eigenvalue weighted by Gasteiger charge is 2.37. The number of rotatable bonds is 8. The molecule has 2 atom stereocenters. The number of amides is 2. The van der Waals surface area contributed by atoms with Crippen molar-refractivity contribution in [3.63, 3.8) is 0 Å². The van der Waals surface area contributed by atoms with Gasteiger partial charge in [-0.15, -0.1) is 11.3 Å². The van der Waals surface area contributed by atoms with Gasteiger partial charge < -0.3 is 19.7 Å². The van der Waals surface area contributed by atoms with E-state index < -0.39 is 12.7 Å². The van der Waals surface area contributed by atoms with Crippen LogP contribution < -0.4 is 24.6 Å². The summed E-state index contributed by atoms with van der Waals surface area (Å²) in [5.41, 5.74) is 3.25. The number of nitrogens with one attached hydrogen (secondary N) is 1. The van der Waals surface area contributed by atoms with Gasteiger partial charge in [-0.25, -0.2) is 24.1 Å². The van der Waals surface area contributed by atoms with E-state index in [4.69, 9.17) is 26.1 Å². The first kappa shape index (κ1) is 30.0. The average Bonchev–Trinajstić information content (AvgIpc) is 3.42. The van der Waals surface area contributed by atoms with Gasteiger partial charge in [0.25, 0.3) is 0 Å². The van der Waals surface area contributed by atoms with Crippen LogP contribution in [0.4, 0.5) is 38.1 Å². The zero-order valence-corrected chi connectivity index (χ0v) is 26.5. The maximum atomic E-state index is 14.1. The van der Waals surface area contributed by atoms with Crippen LogP contribution in [-0.4, -0.2) is 59.7 Å². The quantitative estimate of drug-likeness (QED) is 0.215. The molecule has 13 heteroatoms. The van der Waals surface area contributed by atoms with Gasteiger partial charge >= 0.3 is 6.03 Å². The van der Waals surface area contributed by atoms with Crippen molar-refractivity contribution in [1.82, 2.24) is 19.9 Å². The molecule has 2 amide bonds. The number of anilines is 5. The molecule has 5 heterocycles. The van der Waals surface area contributed by atoms with Crippen LogP contribution >= 0.6 is 22.9 Å². The Labute approximate surface area is 264 Å². The van der Waals surface area contributed by atoms with E-state index in [0.717, 1.165) is 19.4 Å². The lowest BCUT2D eigenvalue weighted by molar-refractivity contribution is 0.182. The zero-order chi connectivity index (χ0) is 31.0. The van der Waals surface area contributed by atoms with Gasteiger partial charge in [-0.3, -0.25) is 4.90 Å². The van der Waals surface area contributed by atoms with E-state index in [9.17, 15) is 9.18 Å². The van der Waals surface area contributed by atoms with E-state index in [1.54, 1.807) is 30.8 Å². The van der Waals surface area contributed by atoms with Crippen molar-refractivity contribution in [2.45, 2.75) is 44.9 Å². The first-order valence-electron chi connectivity index (χ1n) is 14.3. The molecule has 0 aliphatic carbocycles. The molecule has 6 rings (SSSR count). The number of halogens is 2. The molecule has 1 aromatic carbocycles. The van der Waals surface area contributed by atoms with Gasteiger partial charge in [-0.1, -0.05) is 17.7 Å². The highest BCUT2D eigenvalue weighted by atomic mass is 35.5. The lowest BCUT2D eigenvalue weighted by Crippen LogP contribution is -2.46. The summed E-state index contributed by atoms with van der Waals surface area (Å²) in [5.74, 6) is 2.61. The van der Waals surface area contributed by atoms with E-state index in [0.29, 0.717) is 61.9 Å². The SMILES string of the molecule is COc1ccc(N2C(=O)N(c3c(CF)csc3Cl)Cc3cnc(Nc4ccc(C5CCN(C)C(C)C5)cc4OC)nc32)nc1. The Balaban J connectivity index is 1.35. The molecule has 44 heavy (non-hydrogen) atoms. The van der Waals surface area contributed by atoms with Crippen molar-refractivity contribution >= 4 is 57.9 Å². The molecule has 1 N–H and O–H groups in total. The van der Waals surface area contributed by atoms with E-state index in [1.807, 2.05) is 6.07 Å². The van der Waals surface area contributed by atoms with Crippen LogP contribution in [0.1, 0.15) is 42.4 Å². The first-order valence-corrected chi connectivity index (χ1v) is 15.5. The van der Waals surface area contributed by atoms with Crippen LogP contribution in [0.25, 0.3) is 0 Å². The summed E-state index contributed by atoms with van der Waals surface area (Å²) in [5, 5.41) is 4.89. The summed E-state index contributed by atoms with van der Waals surface area (Å²) in [4.78, 5) is 33.0. The molecule has 2 aliphatic heterocycles. The number of nitrogens with zero attached hydrogens (tertiary/aromatic N) is 6. The molecule has 230 valence electrons. The topological polar surface area (TPSA) is 96.0 Å². The molecule has 2 unspecified atom stereocenters. The summed E-state index contributed by atoms with van der Waals surface area (Å²) in [7, 11) is 5.35. The van der Waals surface area contributed by atoms with Crippen molar-refractivity contribution < 1.29 is 18.7 Å². The Morgan fingerprint density at radius 3 is 2.70 bits per heavy atom. The van der Waals surface area contributed by atoms with Gasteiger partial charge in [0, 0.05) is 28.7 Å². The van der Waals surface area contributed by atoms with Gasteiger partial charge in [0.15, 0.2) is 5.82 Å². The number of pyridine rings is 1. The molecular weight excluding hydrogens is 605 g/mol. The number of aromatic nitrogens is 3. The number of benzene rings is 1. The third-order valence-corrected chi connectivity index (χ3v) is 9.60. The number of likely N-dealkylation sites (tertiary alicyclic amines) is 1. The molecule has 3 aromatic heterocycles. The van der Waals surface area contributed by atoms with Crippen LogP contribution in [0.15, 0.2) is 48.1 Å². The molecule has 4 aromatic rings. The number of hydrogen-bond donors (Lipinski definition) is 1. The monoisotopic (exact) mass is 637 g/mol. The molecule has 1 fully saturated rings. The second kappa shape index (κ2) is 12.5. The van der Waals surface area contributed by atoms with Crippen LogP contribution in [0.5, 0.6) is 11.5 Å². The lowest BCUT2D eigenvalue weighted by atomic mass is 9.86. The number of alkyl halides is 1. The number of ether oxygens (including phenoxy) is 2. The molecule has 0 bridgehead atoms. The van der Waals surface area contributed by atoms with Crippen molar-refractivity contribution in [3.8, 4) is 11.5 Å². The van der Waals surface area contributed by atoms with E-state index in [1.165, 1.54) is 40.0 Å². The third kappa shape index (κ3) is 5.64. The second-order valence-corrected chi connectivity index (χ2v) is 12.4. The van der Waals surface area contributed by atoms with Gasteiger partial charge in [0.2, 0.25) is 5.95 Å². The van der Waals surface area contributed by atoms with Crippen LogP contribution in [-0.2, 0) is 13.2 Å². The van der Waals surface area contributed by atoms with Gasteiger partial charge in [0.1, 0.15) is 28.3 Å². The fraction of sp³-hybridized carbons (Fsp3) is 0.355. The van der Waals surface area contributed by atoms with E-state index >= 15 is 0 Å². The fourth-order valence-electron chi connectivity index (χ4n) is 5.73. The Kier molecular flexibility index (Phi) is 8.57. The molecule has 1 saturated heterocycles. The summed E-state index contributed by atoms with van der Waals surface area (Å²) in [6.07, 6.45) is 5.35. The van der Waals surface area contributed by atoms with Crippen molar-refractivity contribution in [2.24, 2.45) is 0 Å². The molecular formula is C31H33ClFN7O3S. The minimum absolute atomic E-state index is 0.109. The van der Waals surface area contributed by atoms with E-state index in [-0.39, 0.29) is 12.5 Å². The molecule has 0 spiro atoms. The summed E-state index contributed by atoms with van der Waals surface area (Å²) >= 11 is 7.63. The fourth-order valence-corrected chi connectivity index (χ4v) is 6.86. The zero-order valence-electron chi connectivity index (χ0n) is 24.9. The minimum Gasteiger partial charge on any atom is -0.495 e. The van der Waals surface area contributed by atoms with Crippen LogP contribution in [0, 0.1) is 0 Å². The largest absolute Gasteiger partial charge is 0.495 e. The number of urea groups is 1. The summed E-state index contributed by atoms with van der Waals surface area (Å²) in [6, 6.07) is 9.59. The number of hydrogen-bond acceptors (Lipinski definition) is 9. The van der Waals surface area contributed by atoms with Crippen LogP contribution in [0.3, 0.4) is 0 Å². The molecule has 2 aliphatic rings. The Bertz CT molecular complexity index is 1670. The maximum Gasteiger partial charge on any atom is 0.336 e. The number of piperidine rings is 1. The van der Waals surface area contributed by atoms with Crippen molar-refractivity contribution in [2.75, 3.05) is 42.9 Å². The molecule has 10 nitrogen and oxygen atoms in total. The molecule has 0 radical (unpaired) electrons. The number of thiophene rings is 1. The predicted octanol–water partition coefficient (Wildman–Crippen LogP) is 7.29. The third-order valence-electron chi connectivity index (χ3n) is 8.35. The van der Waals surface area contributed by atoms with Gasteiger partial charge in [-0.2, -0.15) is 4.98 Å². The number of fused-ring (bicyclic) bond motifs is 1. The van der Waals surface area contributed by atoms with Crippen molar-refractivity contribution in [3.05, 3.63) is 69.1 Å². The van der Waals surface area contributed by atoms with Gasteiger partial charge in [0.05, 0.1) is 38.3 Å². The Hall–Kier alpha value is -4.00. The average molecular weight is 638 g/mol. The Morgan fingerprint density at radius 1 is 1.16 bits per heavy atom. The predicted molar refractivity (Wildman–Crippen MR) is 171 cm³/mol. The summed E-state index contributed by atoms with van der Waals surface area (Å²) < 4.78 is 25.2. The normalized spacial score (nSPS) is 18.7. The molecule has 0 saturated carbocycles. The van der Waals surface area contributed by atoms with Crippen LogP contribution in [0.2, 0.25) is 4.34 Å². The Morgan fingerprint density at radius 2 is 2.00 bits per heavy atom. The first-order chi connectivity index (χ1) is 21.3. The lowest BCUT2D eigenvalue weighted by Gasteiger charge is -2.35. The smallest absolute Gasteiger partial charge is 0.336 e. The second-order valence-electron chi connectivity index (χ2n) is 11.0. The number of carbonyl (C=O) groups excluding carboxylic acids is 1. The highest BCUT2D eigenvalue weighted by Crippen LogP contribution is 2.43. The van der Waals surface area contributed by atoms with Crippen molar-refractivity contribution in [1.29, 1.82) is 0 Å². The summed E-state index contributed by atoms with van der Waals surface area (Å²) in [6.45, 7) is 2.67. The maximum absolute atomic E-state index is 14.1. The minimum atomic E-state index is -0.757. The number of carbonyl (C=O) groups is 1. The van der Waals surface area contributed by atoms with E-state index in [2.05, 4.69) is 46.3 Å². The standard InChI is InChI=1S/C31H33ClFN7O3S/c1-18-11-20(9-10-38(18)2)19-5-7-24(25(12-19)43-4)36-30-35-14-22-16-39(27-21(13-33)17-44-28(27)32)31(41)40(29(22)37-30)26-8-6-23(42-3)15-34-26/h5-8,12,14-15,17-18,20H,9-11,13,16H2,1-4H3,(H,35,36,37). The highest BCUT2D eigenvalue weighted by molar-refractivity contribution is 7.15. The number of methoxy groups -OCH3 is 2.